The maximum absolute atomic E-state index is 11.8. The number of benzene rings is 1. The molecule has 1 rings (SSSR count). The number of hydrogen-bond donors (Lipinski definition) is 1. The van der Waals surface area contributed by atoms with Gasteiger partial charge < -0.3 is 5.32 Å². The molecule has 0 radical (unpaired) electrons. The number of hydrogen-bond acceptors (Lipinski definition) is 3. The van der Waals surface area contributed by atoms with Gasteiger partial charge in [-0.25, -0.2) is 8.42 Å². The smallest absolute Gasteiger partial charge is 0.242 e. The second kappa shape index (κ2) is 5.29. The fourth-order valence-electron chi connectivity index (χ4n) is 1.49. The van der Waals surface area contributed by atoms with Crippen LogP contribution in [-0.4, -0.2) is 39.0 Å². The quantitative estimate of drug-likeness (QED) is 0.846. The molecule has 0 aliphatic rings. The van der Waals surface area contributed by atoms with Gasteiger partial charge in [-0.15, -0.1) is 0 Å². The van der Waals surface area contributed by atoms with Crippen molar-refractivity contribution in [3.05, 3.63) is 35.9 Å². The molecule has 0 unspecified atom stereocenters. The van der Waals surface area contributed by atoms with Gasteiger partial charge in [-0.3, -0.25) is 4.79 Å². The summed E-state index contributed by atoms with van der Waals surface area (Å²) in [6, 6.07) is 7.95. The highest BCUT2D eigenvalue weighted by molar-refractivity contribution is 7.88. The van der Waals surface area contributed by atoms with Crippen LogP contribution >= 0.6 is 0 Å². The molecule has 94 valence electrons. The number of likely N-dealkylation sites (N-methyl/N-ethyl adjacent to an activating group) is 2. The monoisotopic (exact) mass is 256 g/mol. The SMILES string of the molecule is CNC(=O)[C@@H](c1ccccc1)N(C)S(C)(=O)=O. The van der Waals surface area contributed by atoms with Gasteiger partial charge in [0, 0.05) is 14.1 Å². The summed E-state index contributed by atoms with van der Waals surface area (Å²) in [5.74, 6) is -0.357. The van der Waals surface area contributed by atoms with Gasteiger partial charge >= 0.3 is 0 Å². The van der Waals surface area contributed by atoms with E-state index in [4.69, 9.17) is 0 Å². The van der Waals surface area contributed by atoms with E-state index in [0.717, 1.165) is 10.6 Å². The normalized spacial score (nSPS) is 13.4. The maximum Gasteiger partial charge on any atom is 0.242 e. The molecule has 0 bridgehead atoms. The lowest BCUT2D eigenvalue weighted by molar-refractivity contribution is -0.124. The van der Waals surface area contributed by atoms with Crippen LogP contribution in [0.4, 0.5) is 0 Å². The highest BCUT2D eigenvalue weighted by Crippen LogP contribution is 2.21. The van der Waals surface area contributed by atoms with Crippen molar-refractivity contribution < 1.29 is 13.2 Å². The van der Waals surface area contributed by atoms with Gasteiger partial charge in [0.1, 0.15) is 6.04 Å². The highest BCUT2D eigenvalue weighted by atomic mass is 32.2. The van der Waals surface area contributed by atoms with Gasteiger partial charge in [0.2, 0.25) is 15.9 Å². The van der Waals surface area contributed by atoms with Crippen molar-refractivity contribution >= 4 is 15.9 Å². The van der Waals surface area contributed by atoms with Crippen LogP contribution in [0.5, 0.6) is 0 Å². The second-order valence-corrected chi connectivity index (χ2v) is 5.75. The van der Waals surface area contributed by atoms with Crippen LogP contribution in [0.25, 0.3) is 0 Å². The third kappa shape index (κ3) is 3.28. The van der Waals surface area contributed by atoms with Gasteiger partial charge in [0.25, 0.3) is 0 Å². The predicted octanol–water partition coefficient (Wildman–Crippen LogP) is 0.365. The molecule has 1 amide bonds. The molecule has 0 spiro atoms. The first kappa shape index (κ1) is 13.7. The van der Waals surface area contributed by atoms with Crippen LogP contribution in [0.1, 0.15) is 11.6 Å². The van der Waals surface area contributed by atoms with Crippen molar-refractivity contribution in [1.29, 1.82) is 0 Å². The van der Waals surface area contributed by atoms with E-state index < -0.39 is 16.1 Å². The second-order valence-electron chi connectivity index (χ2n) is 3.71. The molecule has 5 nitrogen and oxygen atoms in total. The number of rotatable bonds is 4. The predicted molar refractivity (Wildman–Crippen MR) is 65.9 cm³/mol. The lowest BCUT2D eigenvalue weighted by atomic mass is 10.1. The van der Waals surface area contributed by atoms with Gasteiger partial charge in [0.05, 0.1) is 6.26 Å². The van der Waals surface area contributed by atoms with Crippen LogP contribution in [-0.2, 0) is 14.8 Å². The molecule has 1 N–H and O–H groups in total. The molecule has 6 heteroatoms. The lowest BCUT2D eigenvalue weighted by Crippen LogP contribution is -2.39. The van der Waals surface area contributed by atoms with Crippen LogP contribution in [0, 0.1) is 0 Å². The molecule has 0 heterocycles. The fraction of sp³-hybridized carbons (Fsp3) is 0.364. The van der Waals surface area contributed by atoms with Crippen LogP contribution in [0.15, 0.2) is 30.3 Å². The maximum atomic E-state index is 11.8. The fourth-order valence-corrected chi connectivity index (χ4v) is 2.09. The molecule has 0 fully saturated rings. The van der Waals surface area contributed by atoms with E-state index in [0.29, 0.717) is 5.56 Å². The summed E-state index contributed by atoms with van der Waals surface area (Å²) >= 11 is 0. The van der Waals surface area contributed by atoms with Crippen molar-refractivity contribution in [2.45, 2.75) is 6.04 Å². The van der Waals surface area contributed by atoms with Crippen molar-refractivity contribution in [3.63, 3.8) is 0 Å². The Bertz CT molecular complexity index is 485. The first-order valence-electron chi connectivity index (χ1n) is 5.07. The van der Waals surface area contributed by atoms with E-state index in [1.165, 1.54) is 14.1 Å². The Morgan fingerprint density at radius 3 is 2.24 bits per heavy atom. The molecule has 1 atom stereocenters. The number of sulfonamides is 1. The molecule has 17 heavy (non-hydrogen) atoms. The van der Waals surface area contributed by atoms with E-state index in [1.54, 1.807) is 24.3 Å². The van der Waals surface area contributed by atoms with Crippen molar-refractivity contribution in [2.24, 2.45) is 0 Å². The third-order valence-electron chi connectivity index (χ3n) is 2.50. The Morgan fingerprint density at radius 1 is 1.29 bits per heavy atom. The molecule has 0 aliphatic carbocycles. The van der Waals surface area contributed by atoms with E-state index >= 15 is 0 Å². The van der Waals surface area contributed by atoms with Crippen molar-refractivity contribution in [3.8, 4) is 0 Å². The zero-order valence-corrected chi connectivity index (χ0v) is 10.9. The summed E-state index contributed by atoms with van der Waals surface area (Å²) in [6.07, 6.45) is 1.08. The number of amides is 1. The molecule has 0 aliphatic heterocycles. The minimum Gasteiger partial charge on any atom is -0.357 e. The first-order valence-corrected chi connectivity index (χ1v) is 6.92. The largest absolute Gasteiger partial charge is 0.357 e. The van der Waals surface area contributed by atoms with Crippen LogP contribution in [0.3, 0.4) is 0 Å². The first-order chi connectivity index (χ1) is 7.88. The highest BCUT2D eigenvalue weighted by Gasteiger charge is 2.29. The van der Waals surface area contributed by atoms with E-state index in [9.17, 15) is 13.2 Å². The average molecular weight is 256 g/mol. The topological polar surface area (TPSA) is 66.5 Å². The molecule has 0 saturated carbocycles. The van der Waals surface area contributed by atoms with E-state index in [1.807, 2.05) is 6.07 Å². The van der Waals surface area contributed by atoms with Crippen LogP contribution in [0.2, 0.25) is 0 Å². The Labute approximate surface area is 101 Å². The molecular formula is C11H16N2O3S. The van der Waals surface area contributed by atoms with Crippen molar-refractivity contribution in [2.75, 3.05) is 20.4 Å². The summed E-state index contributed by atoms with van der Waals surface area (Å²) in [6.45, 7) is 0. The summed E-state index contributed by atoms with van der Waals surface area (Å²) < 4.78 is 24.1. The summed E-state index contributed by atoms with van der Waals surface area (Å²) in [7, 11) is -0.561. The third-order valence-corrected chi connectivity index (χ3v) is 3.75. The summed E-state index contributed by atoms with van der Waals surface area (Å²) in [5, 5.41) is 2.47. The number of carbonyl (C=O) groups is 1. The average Bonchev–Trinajstić information content (AvgIpc) is 2.29. The van der Waals surface area contributed by atoms with Gasteiger partial charge in [-0.2, -0.15) is 4.31 Å². The molecule has 0 aromatic heterocycles. The van der Waals surface area contributed by atoms with E-state index in [-0.39, 0.29) is 5.91 Å². The Balaban J connectivity index is 3.19. The molecule has 0 saturated heterocycles. The summed E-state index contributed by atoms with van der Waals surface area (Å²) in [5.41, 5.74) is 0.639. The molecule has 1 aromatic rings. The lowest BCUT2D eigenvalue weighted by Gasteiger charge is -2.24. The zero-order chi connectivity index (χ0) is 13.1. The standard InChI is InChI=1S/C11H16N2O3S/c1-12-11(14)10(13(2)17(3,15)16)9-7-5-4-6-8-9/h4-8,10H,1-3H3,(H,12,14)/t10-/m1/s1. The Hall–Kier alpha value is -1.40. The minimum absolute atomic E-state index is 0.357. The summed E-state index contributed by atoms with van der Waals surface area (Å²) in [4.78, 5) is 11.8. The van der Waals surface area contributed by atoms with Gasteiger partial charge in [-0.05, 0) is 5.56 Å². The molecule has 1 aromatic carbocycles. The van der Waals surface area contributed by atoms with E-state index in [2.05, 4.69) is 5.32 Å². The number of nitrogens with one attached hydrogen (secondary N) is 1. The Morgan fingerprint density at radius 2 is 1.82 bits per heavy atom. The van der Waals surface area contributed by atoms with Crippen LogP contribution < -0.4 is 5.32 Å². The minimum atomic E-state index is -3.43. The number of carbonyl (C=O) groups excluding carboxylic acids is 1. The zero-order valence-electron chi connectivity index (χ0n) is 10.0. The Kier molecular flexibility index (Phi) is 4.25. The number of nitrogens with zero attached hydrogens (tertiary/aromatic N) is 1. The van der Waals surface area contributed by atoms with Crippen molar-refractivity contribution in [1.82, 2.24) is 9.62 Å². The van der Waals surface area contributed by atoms with Gasteiger partial charge in [0.15, 0.2) is 0 Å². The van der Waals surface area contributed by atoms with Gasteiger partial charge in [-0.1, -0.05) is 30.3 Å². The molecular weight excluding hydrogens is 240 g/mol.